The largest absolute Gasteiger partial charge is 0.377 e. The lowest BCUT2D eigenvalue weighted by atomic mass is 10.1. The van der Waals surface area contributed by atoms with Crippen molar-refractivity contribution >= 4 is 0 Å². The predicted octanol–water partition coefficient (Wildman–Crippen LogP) is 2.62. The number of rotatable bonds is 6. The highest BCUT2D eigenvalue weighted by Gasteiger charge is 2.23. The maximum Gasteiger partial charge on any atom is 0.150 e. The summed E-state index contributed by atoms with van der Waals surface area (Å²) in [5, 5.41) is 3.91. The van der Waals surface area contributed by atoms with E-state index in [4.69, 9.17) is 9.26 Å². The molecule has 0 aromatic carbocycles. The van der Waals surface area contributed by atoms with Gasteiger partial charge in [-0.05, 0) is 25.7 Å². The molecular formula is C14H24N2O2. The van der Waals surface area contributed by atoms with Crippen molar-refractivity contribution in [2.45, 2.75) is 46.3 Å². The average Bonchev–Trinajstić information content (AvgIpc) is 2.89. The topological polar surface area (TPSA) is 38.5 Å². The van der Waals surface area contributed by atoms with Gasteiger partial charge >= 0.3 is 0 Å². The average molecular weight is 252 g/mol. The van der Waals surface area contributed by atoms with E-state index in [1.165, 1.54) is 0 Å². The molecule has 0 spiro atoms. The number of aryl methyl sites for hydroxylation is 1. The first-order valence-electron chi connectivity index (χ1n) is 6.89. The molecule has 2 rings (SSSR count). The zero-order valence-corrected chi connectivity index (χ0v) is 11.7. The van der Waals surface area contributed by atoms with Crippen molar-refractivity contribution in [2.75, 3.05) is 19.7 Å². The molecule has 1 aliphatic heterocycles. The molecule has 1 aromatic heterocycles. The second-order valence-corrected chi connectivity index (χ2v) is 5.63. The lowest BCUT2D eigenvalue weighted by Crippen LogP contribution is -2.23. The quantitative estimate of drug-likeness (QED) is 0.780. The number of hydrogen-bond donors (Lipinski definition) is 0. The van der Waals surface area contributed by atoms with E-state index >= 15 is 0 Å². The third-order valence-corrected chi connectivity index (χ3v) is 3.33. The number of hydrogen-bond acceptors (Lipinski definition) is 4. The van der Waals surface area contributed by atoms with Gasteiger partial charge in [0.25, 0.3) is 0 Å². The second kappa shape index (κ2) is 6.34. The lowest BCUT2D eigenvalue weighted by molar-refractivity contribution is 0.0512. The molecule has 0 N–H and O–H groups in total. The van der Waals surface area contributed by atoms with Crippen molar-refractivity contribution in [3.05, 3.63) is 17.5 Å². The van der Waals surface area contributed by atoms with Crippen molar-refractivity contribution in [3.8, 4) is 0 Å². The number of ether oxygens (including phenoxy) is 1. The Bertz CT molecular complexity index is 362. The van der Waals surface area contributed by atoms with Crippen LogP contribution in [0.4, 0.5) is 0 Å². The van der Waals surface area contributed by atoms with E-state index in [-0.39, 0.29) is 0 Å². The summed E-state index contributed by atoms with van der Waals surface area (Å²) >= 11 is 0. The van der Waals surface area contributed by atoms with Crippen LogP contribution in [0.3, 0.4) is 0 Å². The molecule has 0 amide bonds. The molecule has 0 aliphatic carbocycles. The molecule has 0 bridgehead atoms. The molecule has 1 aromatic rings. The molecule has 1 atom stereocenters. The highest BCUT2D eigenvalue weighted by atomic mass is 16.5. The molecule has 18 heavy (non-hydrogen) atoms. The van der Waals surface area contributed by atoms with Crippen molar-refractivity contribution < 1.29 is 9.26 Å². The summed E-state index contributed by atoms with van der Waals surface area (Å²) in [5.74, 6) is 1.68. The summed E-state index contributed by atoms with van der Waals surface area (Å²) in [5.41, 5.74) is 0.953. The van der Waals surface area contributed by atoms with Crippen LogP contribution in [0.1, 0.15) is 38.1 Å². The SMILES string of the molecule is Cc1cc(CN2CC[C@H](OCCC(C)C)C2)on1. The smallest absolute Gasteiger partial charge is 0.150 e. The van der Waals surface area contributed by atoms with Crippen LogP contribution >= 0.6 is 0 Å². The van der Waals surface area contributed by atoms with Gasteiger partial charge < -0.3 is 9.26 Å². The lowest BCUT2D eigenvalue weighted by Gasteiger charge is -2.15. The molecular weight excluding hydrogens is 228 g/mol. The fraction of sp³-hybridized carbons (Fsp3) is 0.786. The minimum Gasteiger partial charge on any atom is -0.377 e. The van der Waals surface area contributed by atoms with Crippen molar-refractivity contribution in [3.63, 3.8) is 0 Å². The monoisotopic (exact) mass is 252 g/mol. The molecule has 1 fully saturated rings. The van der Waals surface area contributed by atoms with Gasteiger partial charge in [0, 0.05) is 25.8 Å². The van der Waals surface area contributed by atoms with E-state index in [1.807, 2.05) is 13.0 Å². The van der Waals surface area contributed by atoms with E-state index in [2.05, 4.69) is 23.9 Å². The van der Waals surface area contributed by atoms with Crippen LogP contribution in [0.25, 0.3) is 0 Å². The van der Waals surface area contributed by atoms with Gasteiger partial charge in [-0.25, -0.2) is 0 Å². The van der Waals surface area contributed by atoms with E-state index < -0.39 is 0 Å². The molecule has 4 nitrogen and oxygen atoms in total. The summed E-state index contributed by atoms with van der Waals surface area (Å²) in [6, 6.07) is 2.01. The Morgan fingerprint density at radius 2 is 2.39 bits per heavy atom. The minimum atomic E-state index is 0.396. The third-order valence-electron chi connectivity index (χ3n) is 3.33. The van der Waals surface area contributed by atoms with E-state index in [0.29, 0.717) is 6.10 Å². The van der Waals surface area contributed by atoms with Gasteiger partial charge in [-0.3, -0.25) is 4.90 Å². The van der Waals surface area contributed by atoms with Gasteiger partial charge in [-0.1, -0.05) is 19.0 Å². The van der Waals surface area contributed by atoms with Gasteiger partial charge in [0.05, 0.1) is 18.3 Å². The van der Waals surface area contributed by atoms with Crippen molar-refractivity contribution in [1.82, 2.24) is 10.1 Å². The Morgan fingerprint density at radius 3 is 3.06 bits per heavy atom. The van der Waals surface area contributed by atoms with E-state index in [0.717, 1.165) is 56.5 Å². The van der Waals surface area contributed by atoms with Crippen LogP contribution in [0.15, 0.2) is 10.6 Å². The van der Waals surface area contributed by atoms with Crippen LogP contribution < -0.4 is 0 Å². The summed E-state index contributed by atoms with van der Waals surface area (Å²) in [6.45, 7) is 10.3. The van der Waals surface area contributed by atoms with Gasteiger partial charge in [0.1, 0.15) is 0 Å². The molecule has 1 saturated heterocycles. The van der Waals surface area contributed by atoms with Gasteiger partial charge in [-0.2, -0.15) is 0 Å². The Hall–Kier alpha value is -0.870. The first-order valence-corrected chi connectivity index (χ1v) is 6.89. The molecule has 0 saturated carbocycles. The minimum absolute atomic E-state index is 0.396. The molecule has 0 unspecified atom stereocenters. The maximum atomic E-state index is 5.90. The van der Waals surface area contributed by atoms with Crippen LogP contribution in [0, 0.1) is 12.8 Å². The van der Waals surface area contributed by atoms with Crippen LogP contribution in [-0.4, -0.2) is 35.9 Å². The van der Waals surface area contributed by atoms with Crippen molar-refractivity contribution in [1.29, 1.82) is 0 Å². The summed E-state index contributed by atoms with van der Waals surface area (Å²) in [7, 11) is 0. The zero-order chi connectivity index (χ0) is 13.0. The van der Waals surface area contributed by atoms with Crippen LogP contribution in [-0.2, 0) is 11.3 Å². The predicted molar refractivity (Wildman–Crippen MR) is 70.3 cm³/mol. The molecule has 4 heteroatoms. The Balaban J connectivity index is 1.68. The molecule has 102 valence electrons. The highest BCUT2D eigenvalue weighted by Crippen LogP contribution is 2.17. The summed E-state index contributed by atoms with van der Waals surface area (Å²) in [4.78, 5) is 2.37. The van der Waals surface area contributed by atoms with Gasteiger partial charge in [0.2, 0.25) is 0 Å². The van der Waals surface area contributed by atoms with Gasteiger partial charge in [-0.15, -0.1) is 0 Å². The number of nitrogens with zero attached hydrogens (tertiary/aromatic N) is 2. The second-order valence-electron chi connectivity index (χ2n) is 5.63. The third kappa shape index (κ3) is 4.10. The highest BCUT2D eigenvalue weighted by molar-refractivity contribution is 5.03. The summed E-state index contributed by atoms with van der Waals surface area (Å²) < 4.78 is 11.1. The standard InChI is InChI=1S/C14H24N2O2/c1-11(2)5-7-17-13-4-6-16(9-13)10-14-8-12(3)15-18-14/h8,11,13H,4-7,9-10H2,1-3H3/t13-/m0/s1. The summed E-state index contributed by atoms with van der Waals surface area (Å²) in [6.07, 6.45) is 2.68. The van der Waals surface area contributed by atoms with E-state index in [1.54, 1.807) is 0 Å². The normalized spacial score (nSPS) is 21.0. The Morgan fingerprint density at radius 1 is 1.56 bits per heavy atom. The van der Waals surface area contributed by atoms with Gasteiger partial charge in [0.15, 0.2) is 5.76 Å². The Kier molecular flexibility index (Phi) is 4.78. The number of likely N-dealkylation sites (tertiary alicyclic amines) is 1. The first-order chi connectivity index (χ1) is 8.63. The fourth-order valence-corrected chi connectivity index (χ4v) is 2.26. The van der Waals surface area contributed by atoms with E-state index in [9.17, 15) is 0 Å². The molecule has 1 aliphatic rings. The molecule has 2 heterocycles. The fourth-order valence-electron chi connectivity index (χ4n) is 2.26. The van der Waals surface area contributed by atoms with Crippen LogP contribution in [0.5, 0.6) is 0 Å². The number of aromatic nitrogens is 1. The maximum absolute atomic E-state index is 5.90. The first kappa shape index (κ1) is 13.6. The zero-order valence-electron chi connectivity index (χ0n) is 11.7. The van der Waals surface area contributed by atoms with Crippen molar-refractivity contribution in [2.24, 2.45) is 5.92 Å². The molecule has 0 radical (unpaired) electrons. The van der Waals surface area contributed by atoms with Crippen LogP contribution in [0.2, 0.25) is 0 Å². The Labute approximate surface area is 109 Å².